The molecule has 0 aromatic heterocycles. The second kappa shape index (κ2) is 9.13. The van der Waals surface area contributed by atoms with Gasteiger partial charge in [0.15, 0.2) is 0 Å². The predicted octanol–water partition coefficient (Wildman–Crippen LogP) is 5.45. The van der Waals surface area contributed by atoms with Crippen LogP contribution in [0.1, 0.15) is 57.4 Å². The lowest BCUT2D eigenvalue weighted by Crippen LogP contribution is -2.11. The van der Waals surface area contributed by atoms with Crippen molar-refractivity contribution in [2.24, 2.45) is 0 Å². The molecular weight excluding hydrogens is 302 g/mol. The van der Waals surface area contributed by atoms with Gasteiger partial charge in [0, 0.05) is 16.6 Å². The van der Waals surface area contributed by atoms with Gasteiger partial charge in [-0.3, -0.25) is 4.79 Å². The third-order valence-electron chi connectivity index (χ3n) is 3.20. The molecule has 19 heavy (non-hydrogen) atoms. The first kappa shape index (κ1) is 16.2. The van der Waals surface area contributed by atoms with Crippen LogP contribution in [-0.2, 0) is 4.79 Å². The highest BCUT2D eigenvalue weighted by Crippen LogP contribution is 2.20. The van der Waals surface area contributed by atoms with Gasteiger partial charge in [-0.05, 0) is 37.1 Å². The highest BCUT2D eigenvalue weighted by molar-refractivity contribution is 9.10. The molecule has 3 heteroatoms. The van der Waals surface area contributed by atoms with Gasteiger partial charge in [-0.15, -0.1) is 0 Å². The van der Waals surface area contributed by atoms with E-state index in [4.69, 9.17) is 0 Å². The molecule has 1 aromatic rings. The maximum atomic E-state index is 11.8. The van der Waals surface area contributed by atoms with Gasteiger partial charge in [-0.2, -0.15) is 0 Å². The molecule has 0 aliphatic carbocycles. The first-order chi connectivity index (χ1) is 9.13. The number of carbonyl (C=O) groups is 1. The smallest absolute Gasteiger partial charge is 0.224 e. The minimum atomic E-state index is 0.122. The van der Waals surface area contributed by atoms with Gasteiger partial charge in [-0.25, -0.2) is 0 Å². The van der Waals surface area contributed by atoms with Crippen molar-refractivity contribution in [1.82, 2.24) is 0 Å². The van der Waals surface area contributed by atoms with Gasteiger partial charge in [0.2, 0.25) is 5.91 Å². The van der Waals surface area contributed by atoms with Crippen molar-refractivity contribution >= 4 is 27.5 Å². The molecule has 0 fully saturated rings. The first-order valence-electron chi connectivity index (χ1n) is 7.19. The van der Waals surface area contributed by atoms with Crippen molar-refractivity contribution in [3.8, 4) is 0 Å². The second-order valence-corrected chi connectivity index (χ2v) is 5.88. The summed E-state index contributed by atoms with van der Waals surface area (Å²) in [5, 5.41) is 2.95. The van der Waals surface area contributed by atoms with Crippen molar-refractivity contribution in [2.75, 3.05) is 5.32 Å². The molecule has 0 unspecified atom stereocenters. The summed E-state index contributed by atoms with van der Waals surface area (Å²) in [4.78, 5) is 11.8. The molecule has 1 rings (SSSR count). The lowest BCUT2D eigenvalue weighted by atomic mass is 10.1. The van der Waals surface area contributed by atoms with Crippen LogP contribution in [0.3, 0.4) is 0 Å². The Hall–Kier alpha value is -0.830. The Bertz CT molecular complexity index is 404. The fourth-order valence-electron chi connectivity index (χ4n) is 2.01. The molecule has 1 N–H and O–H groups in total. The molecule has 0 saturated heterocycles. The zero-order valence-electron chi connectivity index (χ0n) is 12.0. The highest BCUT2D eigenvalue weighted by atomic mass is 79.9. The van der Waals surface area contributed by atoms with E-state index in [1.165, 1.54) is 25.7 Å². The SMILES string of the molecule is CCCCCCCCC(=O)Nc1ccc(Br)c(C)c1. The summed E-state index contributed by atoms with van der Waals surface area (Å²) in [5.41, 5.74) is 2.02. The average Bonchev–Trinajstić information content (AvgIpc) is 2.38. The Balaban J connectivity index is 2.21. The number of nitrogens with one attached hydrogen (secondary N) is 1. The van der Waals surface area contributed by atoms with Gasteiger partial charge in [0.1, 0.15) is 0 Å². The lowest BCUT2D eigenvalue weighted by Gasteiger charge is -2.07. The Morgan fingerprint density at radius 2 is 1.84 bits per heavy atom. The van der Waals surface area contributed by atoms with E-state index in [1.54, 1.807) is 0 Å². The van der Waals surface area contributed by atoms with Crippen molar-refractivity contribution in [2.45, 2.75) is 58.8 Å². The van der Waals surface area contributed by atoms with Crippen LogP contribution >= 0.6 is 15.9 Å². The van der Waals surface area contributed by atoms with Crippen molar-refractivity contribution in [3.63, 3.8) is 0 Å². The molecule has 0 radical (unpaired) electrons. The summed E-state index contributed by atoms with van der Waals surface area (Å²) in [7, 11) is 0. The number of amides is 1. The monoisotopic (exact) mass is 325 g/mol. The third kappa shape index (κ3) is 6.76. The van der Waals surface area contributed by atoms with E-state index < -0.39 is 0 Å². The second-order valence-electron chi connectivity index (χ2n) is 5.03. The third-order valence-corrected chi connectivity index (χ3v) is 4.09. The predicted molar refractivity (Wildman–Crippen MR) is 85.5 cm³/mol. The van der Waals surface area contributed by atoms with Crippen LogP contribution in [0.25, 0.3) is 0 Å². The fraction of sp³-hybridized carbons (Fsp3) is 0.562. The summed E-state index contributed by atoms with van der Waals surface area (Å²) in [6.07, 6.45) is 7.90. The van der Waals surface area contributed by atoms with Crippen LogP contribution in [0.2, 0.25) is 0 Å². The van der Waals surface area contributed by atoms with E-state index in [2.05, 4.69) is 28.2 Å². The molecular formula is C16H24BrNO. The first-order valence-corrected chi connectivity index (χ1v) is 7.98. The van der Waals surface area contributed by atoms with E-state index >= 15 is 0 Å². The Kier molecular flexibility index (Phi) is 7.80. The van der Waals surface area contributed by atoms with Crippen LogP contribution in [-0.4, -0.2) is 5.91 Å². The molecule has 1 aromatic carbocycles. The molecule has 106 valence electrons. The van der Waals surface area contributed by atoms with Gasteiger partial charge >= 0.3 is 0 Å². The maximum absolute atomic E-state index is 11.8. The topological polar surface area (TPSA) is 29.1 Å². The molecule has 2 nitrogen and oxygen atoms in total. The number of hydrogen-bond donors (Lipinski definition) is 1. The Labute approximate surface area is 125 Å². The summed E-state index contributed by atoms with van der Waals surface area (Å²) < 4.78 is 1.07. The van der Waals surface area contributed by atoms with Crippen LogP contribution in [0.5, 0.6) is 0 Å². The quantitative estimate of drug-likeness (QED) is 0.633. The van der Waals surface area contributed by atoms with Crippen LogP contribution in [0.15, 0.2) is 22.7 Å². The van der Waals surface area contributed by atoms with Gasteiger partial charge in [0.05, 0.1) is 0 Å². The summed E-state index contributed by atoms with van der Waals surface area (Å²) in [5.74, 6) is 0.122. The number of unbranched alkanes of at least 4 members (excludes halogenated alkanes) is 5. The zero-order chi connectivity index (χ0) is 14.1. The molecule has 0 aliphatic heterocycles. The van der Waals surface area contributed by atoms with E-state index in [0.717, 1.165) is 28.6 Å². The average molecular weight is 326 g/mol. The number of aryl methyl sites for hydroxylation is 1. The highest BCUT2D eigenvalue weighted by Gasteiger charge is 2.03. The normalized spacial score (nSPS) is 10.5. The number of halogens is 1. The standard InChI is InChI=1S/C16H24BrNO/c1-3-4-5-6-7-8-9-16(19)18-14-10-11-15(17)13(2)12-14/h10-12H,3-9H2,1-2H3,(H,18,19). The van der Waals surface area contributed by atoms with Gasteiger partial charge < -0.3 is 5.32 Å². The molecule has 0 spiro atoms. The molecule has 0 aliphatic rings. The Morgan fingerprint density at radius 1 is 1.16 bits per heavy atom. The van der Waals surface area contributed by atoms with Crippen LogP contribution in [0, 0.1) is 6.92 Å². The number of hydrogen-bond acceptors (Lipinski definition) is 1. The number of rotatable bonds is 8. The zero-order valence-corrected chi connectivity index (χ0v) is 13.6. The van der Waals surface area contributed by atoms with Crippen LogP contribution in [0.4, 0.5) is 5.69 Å². The van der Waals surface area contributed by atoms with Crippen LogP contribution < -0.4 is 5.32 Å². The minimum Gasteiger partial charge on any atom is -0.326 e. The summed E-state index contributed by atoms with van der Waals surface area (Å²) >= 11 is 3.45. The number of anilines is 1. The van der Waals surface area contributed by atoms with Gasteiger partial charge in [0.25, 0.3) is 0 Å². The number of benzene rings is 1. The van der Waals surface area contributed by atoms with Crippen molar-refractivity contribution < 1.29 is 4.79 Å². The van der Waals surface area contributed by atoms with Gasteiger partial charge in [-0.1, -0.05) is 55.0 Å². The molecule has 0 saturated carbocycles. The van der Waals surface area contributed by atoms with Crippen molar-refractivity contribution in [1.29, 1.82) is 0 Å². The van der Waals surface area contributed by atoms with E-state index in [1.807, 2.05) is 25.1 Å². The summed E-state index contributed by atoms with van der Waals surface area (Å²) in [6.45, 7) is 4.24. The van der Waals surface area contributed by atoms with E-state index in [9.17, 15) is 4.79 Å². The van der Waals surface area contributed by atoms with E-state index in [0.29, 0.717) is 6.42 Å². The minimum absolute atomic E-state index is 0.122. The number of carbonyl (C=O) groups excluding carboxylic acids is 1. The molecule has 0 bridgehead atoms. The summed E-state index contributed by atoms with van der Waals surface area (Å²) in [6, 6.07) is 5.88. The molecule has 0 atom stereocenters. The Morgan fingerprint density at radius 3 is 2.53 bits per heavy atom. The van der Waals surface area contributed by atoms with Crippen molar-refractivity contribution in [3.05, 3.63) is 28.2 Å². The molecule has 0 heterocycles. The maximum Gasteiger partial charge on any atom is 0.224 e. The van der Waals surface area contributed by atoms with E-state index in [-0.39, 0.29) is 5.91 Å². The molecule has 1 amide bonds. The largest absolute Gasteiger partial charge is 0.326 e. The fourth-order valence-corrected chi connectivity index (χ4v) is 2.26. The lowest BCUT2D eigenvalue weighted by molar-refractivity contribution is -0.116.